The lowest BCUT2D eigenvalue weighted by Crippen LogP contribution is -2.59. The third-order valence-electron chi connectivity index (χ3n) is 10.1. The number of aromatic nitrogens is 2. The fourth-order valence-corrected chi connectivity index (χ4v) is 8.87. The Balaban J connectivity index is 0.989. The quantitative estimate of drug-likeness (QED) is 0.178. The number of nitrogens with zero attached hydrogens (tertiary/aromatic N) is 4. The number of anilines is 4. The van der Waals surface area contributed by atoms with Crippen LogP contribution in [-0.4, -0.2) is 60.5 Å². The van der Waals surface area contributed by atoms with E-state index in [0.717, 1.165) is 60.8 Å². The molecule has 3 aromatic heterocycles. The van der Waals surface area contributed by atoms with E-state index in [1.165, 1.54) is 11.3 Å². The first kappa shape index (κ1) is 35.2. The highest BCUT2D eigenvalue weighted by Crippen LogP contribution is 2.43. The first-order valence-corrected chi connectivity index (χ1v) is 19.0. The maximum atomic E-state index is 14.1. The average Bonchev–Trinajstić information content (AvgIpc) is 3.50. The number of ether oxygens (including phenoxy) is 1. The van der Waals surface area contributed by atoms with Crippen LogP contribution in [0.15, 0.2) is 72.9 Å². The Bertz CT molecular complexity index is 2240. The molecule has 2 saturated heterocycles. The zero-order valence-corrected chi connectivity index (χ0v) is 31.5. The first-order valence-electron chi connectivity index (χ1n) is 17.5. The maximum absolute atomic E-state index is 14.1. The summed E-state index contributed by atoms with van der Waals surface area (Å²) in [5, 5.41) is 6.54. The Kier molecular flexibility index (Phi) is 9.44. The number of nitrogens with one attached hydrogen (secondary N) is 2. The average molecular weight is 768 g/mol. The van der Waals surface area contributed by atoms with Crippen molar-refractivity contribution in [3.8, 4) is 10.6 Å². The van der Waals surface area contributed by atoms with Crippen molar-refractivity contribution in [3.63, 3.8) is 0 Å². The number of amides is 3. The Hall–Kier alpha value is -4.81. The Labute approximate surface area is 321 Å². The fourth-order valence-electron chi connectivity index (χ4n) is 7.26. The summed E-state index contributed by atoms with van der Waals surface area (Å²) in [5.41, 5.74) is 6.12. The largest absolute Gasteiger partial charge is 0.381 e. The summed E-state index contributed by atoms with van der Waals surface area (Å²) in [4.78, 5) is 55.8. The molecule has 5 aromatic rings. The Morgan fingerprint density at radius 3 is 2.38 bits per heavy atom. The monoisotopic (exact) mass is 766 g/mol. The number of hydrogen-bond donors (Lipinski definition) is 2. The highest BCUT2D eigenvalue weighted by molar-refractivity contribution is 7.17. The predicted octanol–water partition coefficient (Wildman–Crippen LogP) is 8.45. The molecule has 13 heteroatoms. The molecular formula is C40H36Cl2N6O4S. The molecule has 0 radical (unpaired) electrons. The van der Waals surface area contributed by atoms with E-state index in [-0.39, 0.29) is 23.1 Å². The standard InChI is InChI=1S/C40H36Cl2N6O4S/c1-23-18-31-34(43-20-23)35-26(19-32(53-35)38(50)46-33-29(41)4-3-5-30(33)42)12-15-48(31)39(51)25-7-9-27(10-8-25)45-37(49)28-11-6-24(2)44-36(28)47-21-40(22-47)13-16-52-17-14-40/h3-11,18-20H,12-17,21-22H2,1-2H3,(H,45,49)(H,46,50). The molecule has 10 nitrogen and oxygen atoms in total. The van der Waals surface area contributed by atoms with Crippen molar-refractivity contribution in [2.75, 3.05) is 53.3 Å². The first-order chi connectivity index (χ1) is 25.6. The van der Waals surface area contributed by atoms with E-state index in [0.29, 0.717) is 67.6 Å². The minimum absolute atomic E-state index is 0.192. The van der Waals surface area contributed by atoms with Crippen molar-refractivity contribution in [1.82, 2.24) is 9.97 Å². The van der Waals surface area contributed by atoms with Crippen LogP contribution in [0.2, 0.25) is 10.0 Å². The molecule has 0 saturated carbocycles. The van der Waals surface area contributed by atoms with E-state index < -0.39 is 0 Å². The van der Waals surface area contributed by atoms with E-state index in [1.807, 2.05) is 38.1 Å². The fraction of sp³-hybridized carbons (Fsp3) is 0.275. The van der Waals surface area contributed by atoms with Crippen LogP contribution in [-0.2, 0) is 11.2 Å². The topological polar surface area (TPSA) is 117 Å². The smallest absolute Gasteiger partial charge is 0.265 e. The molecular weight excluding hydrogens is 731 g/mol. The molecule has 0 bridgehead atoms. The minimum Gasteiger partial charge on any atom is -0.381 e. The molecule has 8 rings (SSSR count). The zero-order chi connectivity index (χ0) is 36.9. The van der Waals surface area contributed by atoms with Crippen LogP contribution in [0.1, 0.15) is 60.1 Å². The van der Waals surface area contributed by atoms with Crippen LogP contribution in [0.3, 0.4) is 0 Å². The number of halogens is 2. The molecule has 2 fully saturated rings. The SMILES string of the molecule is Cc1cnc2c(c1)N(C(=O)c1ccc(NC(=O)c3ccc(C)nc3N3CC4(CCOCC4)C3)cc1)CCc1cc(C(=O)Nc3c(Cl)cccc3Cl)sc1-2. The van der Waals surface area contributed by atoms with Gasteiger partial charge in [-0.15, -0.1) is 11.3 Å². The van der Waals surface area contributed by atoms with Gasteiger partial charge < -0.3 is 25.2 Å². The summed E-state index contributed by atoms with van der Waals surface area (Å²) in [6, 6.07) is 19.5. The lowest BCUT2D eigenvalue weighted by atomic mass is 9.73. The number of fused-ring (bicyclic) bond motifs is 3. The predicted molar refractivity (Wildman–Crippen MR) is 210 cm³/mol. The van der Waals surface area contributed by atoms with Crippen molar-refractivity contribution in [2.45, 2.75) is 33.1 Å². The van der Waals surface area contributed by atoms with Crippen molar-refractivity contribution in [2.24, 2.45) is 5.41 Å². The van der Waals surface area contributed by atoms with Gasteiger partial charge in [0.25, 0.3) is 17.7 Å². The molecule has 0 unspecified atom stereocenters. The second-order valence-corrected chi connectivity index (χ2v) is 15.8. The van der Waals surface area contributed by atoms with Gasteiger partial charge in [0.15, 0.2) is 0 Å². The lowest BCUT2D eigenvalue weighted by Gasteiger charge is -2.53. The maximum Gasteiger partial charge on any atom is 0.265 e. The van der Waals surface area contributed by atoms with Crippen molar-refractivity contribution < 1.29 is 19.1 Å². The third kappa shape index (κ3) is 6.90. The number of pyridine rings is 2. The highest BCUT2D eigenvalue weighted by Gasteiger charge is 2.45. The van der Waals surface area contributed by atoms with Crippen LogP contribution in [0.4, 0.5) is 22.9 Å². The lowest BCUT2D eigenvalue weighted by molar-refractivity contribution is -0.000519. The molecule has 3 aliphatic heterocycles. The van der Waals surface area contributed by atoms with Gasteiger partial charge >= 0.3 is 0 Å². The number of benzene rings is 2. The van der Waals surface area contributed by atoms with Gasteiger partial charge in [-0.05, 0) is 105 Å². The van der Waals surface area contributed by atoms with Gasteiger partial charge in [0.1, 0.15) is 11.5 Å². The van der Waals surface area contributed by atoms with Crippen LogP contribution >= 0.6 is 34.5 Å². The summed E-state index contributed by atoms with van der Waals surface area (Å²) in [6.07, 6.45) is 4.32. The molecule has 0 atom stereocenters. The summed E-state index contributed by atoms with van der Waals surface area (Å²) < 4.78 is 5.57. The number of carbonyl (C=O) groups is 3. The zero-order valence-electron chi connectivity index (χ0n) is 29.2. The highest BCUT2D eigenvalue weighted by atomic mass is 35.5. The molecule has 2 N–H and O–H groups in total. The van der Waals surface area contributed by atoms with Crippen molar-refractivity contribution >= 4 is 75.1 Å². The summed E-state index contributed by atoms with van der Waals surface area (Å²) in [6.45, 7) is 7.52. The molecule has 53 heavy (non-hydrogen) atoms. The number of carbonyl (C=O) groups excluding carboxylic acids is 3. The van der Waals surface area contributed by atoms with Crippen molar-refractivity contribution in [1.29, 1.82) is 0 Å². The van der Waals surface area contributed by atoms with Gasteiger partial charge in [-0.25, -0.2) is 4.98 Å². The number of aryl methyl sites for hydroxylation is 2. The van der Waals surface area contributed by atoms with E-state index in [1.54, 1.807) is 53.6 Å². The van der Waals surface area contributed by atoms with Gasteiger partial charge in [0.2, 0.25) is 0 Å². The van der Waals surface area contributed by atoms with Crippen LogP contribution in [0.25, 0.3) is 10.6 Å². The van der Waals surface area contributed by atoms with Gasteiger partial charge in [-0.3, -0.25) is 19.4 Å². The van der Waals surface area contributed by atoms with Crippen LogP contribution < -0.4 is 20.4 Å². The molecule has 6 heterocycles. The number of para-hydroxylation sites is 1. The molecule has 0 aliphatic carbocycles. The Morgan fingerprint density at radius 2 is 1.64 bits per heavy atom. The van der Waals surface area contributed by atoms with Gasteiger partial charge in [-0.1, -0.05) is 29.3 Å². The van der Waals surface area contributed by atoms with E-state index in [9.17, 15) is 14.4 Å². The summed E-state index contributed by atoms with van der Waals surface area (Å²) in [7, 11) is 0. The molecule has 270 valence electrons. The van der Waals surface area contributed by atoms with E-state index in [2.05, 4.69) is 15.5 Å². The van der Waals surface area contributed by atoms with Crippen molar-refractivity contribution in [3.05, 3.63) is 116 Å². The Morgan fingerprint density at radius 1 is 0.906 bits per heavy atom. The molecule has 1 spiro atoms. The van der Waals surface area contributed by atoms with E-state index >= 15 is 0 Å². The number of hydrogen-bond acceptors (Lipinski definition) is 8. The van der Waals surface area contributed by atoms with Gasteiger partial charge in [0, 0.05) is 61.4 Å². The normalized spacial score (nSPS) is 15.9. The third-order valence-corrected chi connectivity index (χ3v) is 12.0. The van der Waals surface area contributed by atoms with Crippen LogP contribution in [0, 0.1) is 19.3 Å². The minimum atomic E-state index is -0.328. The van der Waals surface area contributed by atoms with Gasteiger partial charge in [-0.2, -0.15) is 0 Å². The molecule has 2 aromatic carbocycles. The van der Waals surface area contributed by atoms with Gasteiger partial charge in [0.05, 0.1) is 36.7 Å². The van der Waals surface area contributed by atoms with E-state index in [4.69, 9.17) is 37.9 Å². The number of rotatable bonds is 6. The second-order valence-electron chi connectivity index (χ2n) is 13.9. The summed E-state index contributed by atoms with van der Waals surface area (Å²) >= 11 is 13.9. The number of thiophene rings is 1. The second kappa shape index (κ2) is 14.2. The summed E-state index contributed by atoms with van der Waals surface area (Å²) in [5.74, 6) is -0.0773. The van der Waals surface area contributed by atoms with Crippen LogP contribution in [0.5, 0.6) is 0 Å². The molecule has 3 amide bonds. The molecule has 3 aliphatic rings.